The number of ether oxygens (including phenoxy) is 1. The van der Waals surface area contributed by atoms with Gasteiger partial charge in [-0.25, -0.2) is 13.2 Å². The van der Waals surface area contributed by atoms with Crippen molar-refractivity contribution in [3.63, 3.8) is 0 Å². The van der Waals surface area contributed by atoms with E-state index in [0.717, 1.165) is 5.41 Å². The maximum Gasteiger partial charge on any atom is 0.337 e. The first kappa shape index (κ1) is 14.3. The van der Waals surface area contributed by atoms with Gasteiger partial charge in [0.1, 0.15) is 12.4 Å². The number of hydrogen-bond donors (Lipinski definition) is 1. The van der Waals surface area contributed by atoms with Gasteiger partial charge < -0.3 is 9.84 Å². The smallest absolute Gasteiger partial charge is 0.337 e. The second-order valence-electron chi connectivity index (χ2n) is 4.78. The molecule has 3 rings (SSSR count). The molecule has 0 bridgehead atoms. The molecule has 0 fully saturated rings. The highest BCUT2D eigenvalue weighted by Crippen LogP contribution is 2.36. The molecule has 1 aliphatic heterocycles. The van der Waals surface area contributed by atoms with Gasteiger partial charge in [-0.15, -0.1) is 0 Å². The van der Waals surface area contributed by atoms with Crippen molar-refractivity contribution in [2.24, 2.45) is 0 Å². The summed E-state index contributed by atoms with van der Waals surface area (Å²) in [6.45, 7) is 0.0549. The maximum absolute atomic E-state index is 12.2. The fourth-order valence-corrected chi connectivity index (χ4v) is 4.02. The van der Waals surface area contributed by atoms with Crippen molar-refractivity contribution in [1.82, 2.24) is 0 Å². The minimum Gasteiger partial charge on any atom is -0.489 e. The van der Waals surface area contributed by atoms with Crippen LogP contribution in [0.25, 0.3) is 5.57 Å². The lowest BCUT2D eigenvalue weighted by molar-refractivity contribution is 0.0692. The molecular weight excluding hydrogens is 304 g/mol. The molecule has 1 aliphatic rings. The van der Waals surface area contributed by atoms with Crippen LogP contribution in [0.3, 0.4) is 0 Å². The topological polar surface area (TPSA) is 80.7 Å². The minimum atomic E-state index is -3.76. The van der Waals surface area contributed by atoms with Gasteiger partial charge in [0.05, 0.1) is 10.5 Å². The molecule has 0 saturated carbocycles. The van der Waals surface area contributed by atoms with E-state index in [1.165, 1.54) is 12.1 Å². The molecule has 22 heavy (non-hydrogen) atoms. The first-order valence-electron chi connectivity index (χ1n) is 6.49. The second-order valence-corrected chi connectivity index (χ2v) is 6.51. The van der Waals surface area contributed by atoms with Crippen LogP contribution in [0.15, 0.2) is 58.8 Å². The van der Waals surface area contributed by atoms with Crippen molar-refractivity contribution < 1.29 is 23.1 Å². The van der Waals surface area contributed by atoms with Gasteiger partial charge in [0, 0.05) is 16.5 Å². The number of para-hydroxylation sites is 1. The van der Waals surface area contributed by atoms with E-state index >= 15 is 0 Å². The Hall–Kier alpha value is -2.60. The molecule has 5 nitrogen and oxygen atoms in total. The molecule has 2 aromatic rings. The van der Waals surface area contributed by atoms with Gasteiger partial charge in [-0.2, -0.15) is 0 Å². The lowest BCUT2D eigenvalue weighted by Gasteiger charge is -2.08. The third kappa shape index (κ3) is 2.48. The Balaban J connectivity index is 1.97. The molecule has 0 radical (unpaired) electrons. The number of sulfone groups is 1. The van der Waals surface area contributed by atoms with Gasteiger partial charge in [-0.1, -0.05) is 30.3 Å². The van der Waals surface area contributed by atoms with Crippen LogP contribution in [0.5, 0.6) is 5.75 Å². The molecule has 0 spiro atoms. The first-order chi connectivity index (χ1) is 10.5. The zero-order valence-electron chi connectivity index (χ0n) is 11.4. The summed E-state index contributed by atoms with van der Waals surface area (Å²) in [5.41, 5.74) is 0.612. The van der Waals surface area contributed by atoms with E-state index in [0.29, 0.717) is 16.9 Å². The molecule has 1 heterocycles. The van der Waals surface area contributed by atoms with E-state index in [1.807, 2.05) is 18.2 Å². The fourth-order valence-electron chi connectivity index (χ4n) is 2.36. The number of carbonyl (C=O) groups is 1. The summed E-state index contributed by atoms with van der Waals surface area (Å²) >= 11 is 0. The zero-order chi connectivity index (χ0) is 15.7. The molecule has 0 saturated heterocycles. The van der Waals surface area contributed by atoms with Crippen LogP contribution in [0.2, 0.25) is 0 Å². The Labute approximate surface area is 127 Å². The Morgan fingerprint density at radius 1 is 1.05 bits per heavy atom. The average Bonchev–Trinajstić information content (AvgIpc) is 2.77. The summed E-state index contributed by atoms with van der Waals surface area (Å²) in [5, 5.41) is 10.2. The van der Waals surface area contributed by atoms with E-state index < -0.39 is 15.8 Å². The number of fused-ring (bicyclic) bond motifs is 1. The van der Waals surface area contributed by atoms with Gasteiger partial charge in [0.15, 0.2) is 0 Å². The standard InChI is InChI=1S/C16H12O5S/c17-16(18)14-8-4-7-13-11(10-22(19,20)15(13)14)9-21-12-5-2-1-3-6-12/h1-8,10H,9H2,(H,17,18). The molecule has 112 valence electrons. The molecular formula is C16H12O5S. The third-order valence-electron chi connectivity index (χ3n) is 3.31. The predicted octanol–water partition coefficient (Wildman–Crippen LogP) is 2.59. The van der Waals surface area contributed by atoms with Gasteiger partial charge in [-0.3, -0.25) is 0 Å². The van der Waals surface area contributed by atoms with Crippen molar-refractivity contribution >= 4 is 21.4 Å². The van der Waals surface area contributed by atoms with Crippen molar-refractivity contribution in [2.75, 3.05) is 6.61 Å². The van der Waals surface area contributed by atoms with E-state index in [9.17, 15) is 13.2 Å². The monoisotopic (exact) mass is 316 g/mol. The third-order valence-corrected chi connectivity index (χ3v) is 4.91. The molecule has 6 heteroatoms. The number of benzene rings is 2. The summed E-state index contributed by atoms with van der Waals surface area (Å²) in [7, 11) is -3.76. The highest BCUT2D eigenvalue weighted by Gasteiger charge is 2.32. The summed E-state index contributed by atoms with van der Waals surface area (Å²) in [5.74, 6) is -0.650. The van der Waals surface area contributed by atoms with Gasteiger partial charge in [0.2, 0.25) is 9.84 Å². The van der Waals surface area contributed by atoms with E-state index in [1.54, 1.807) is 18.2 Å². The second kappa shape index (κ2) is 5.31. The lowest BCUT2D eigenvalue weighted by Crippen LogP contribution is -2.06. The fraction of sp³-hybridized carbons (Fsp3) is 0.0625. The van der Waals surface area contributed by atoms with E-state index in [2.05, 4.69) is 0 Å². The number of carboxylic acids is 1. The molecule has 1 N–H and O–H groups in total. The highest BCUT2D eigenvalue weighted by atomic mass is 32.2. The summed E-state index contributed by atoms with van der Waals surface area (Å²) < 4.78 is 30.0. The van der Waals surface area contributed by atoms with Crippen molar-refractivity contribution in [3.05, 3.63) is 65.1 Å². The van der Waals surface area contributed by atoms with Crippen molar-refractivity contribution in [2.45, 2.75) is 4.90 Å². The van der Waals surface area contributed by atoms with Crippen molar-refractivity contribution in [1.29, 1.82) is 0 Å². The van der Waals surface area contributed by atoms with E-state index in [-0.39, 0.29) is 17.1 Å². The molecule has 0 aromatic heterocycles. The van der Waals surface area contributed by atoms with Crippen LogP contribution in [0.1, 0.15) is 15.9 Å². The van der Waals surface area contributed by atoms with Crippen LogP contribution in [-0.2, 0) is 9.84 Å². The van der Waals surface area contributed by atoms with Gasteiger partial charge >= 0.3 is 5.97 Å². The van der Waals surface area contributed by atoms with Crippen LogP contribution in [0.4, 0.5) is 0 Å². The minimum absolute atomic E-state index is 0.0549. The normalized spacial score (nSPS) is 15.0. The van der Waals surface area contributed by atoms with Crippen LogP contribution < -0.4 is 4.74 Å². The van der Waals surface area contributed by atoms with Gasteiger partial charge in [0.25, 0.3) is 0 Å². The first-order valence-corrected chi connectivity index (χ1v) is 8.04. The van der Waals surface area contributed by atoms with Crippen molar-refractivity contribution in [3.8, 4) is 5.75 Å². The lowest BCUT2D eigenvalue weighted by atomic mass is 10.1. The Morgan fingerprint density at radius 2 is 1.77 bits per heavy atom. The predicted molar refractivity (Wildman–Crippen MR) is 80.5 cm³/mol. The van der Waals surface area contributed by atoms with Crippen LogP contribution in [0, 0.1) is 0 Å². The molecule has 0 atom stereocenters. The van der Waals surface area contributed by atoms with Crippen LogP contribution >= 0.6 is 0 Å². The number of rotatable bonds is 4. The Bertz CT molecular complexity index is 867. The highest BCUT2D eigenvalue weighted by molar-refractivity contribution is 7.95. The SMILES string of the molecule is O=C(O)c1cccc2c1S(=O)(=O)C=C2COc1ccccc1. The van der Waals surface area contributed by atoms with E-state index in [4.69, 9.17) is 9.84 Å². The molecule has 2 aromatic carbocycles. The average molecular weight is 316 g/mol. The molecule has 0 amide bonds. The Kier molecular flexibility index (Phi) is 3.46. The summed E-state index contributed by atoms with van der Waals surface area (Å²) in [4.78, 5) is 11.1. The largest absolute Gasteiger partial charge is 0.489 e. The molecule has 0 aliphatic carbocycles. The number of hydrogen-bond acceptors (Lipinski definition) is 4. The number of carboxylic acid groups (broad SMARTS) is 1. The van der Waals surface area contributed by atoms with Gasteiger partial charge in [-0.05, 0) is 18.2 Å². The number of aromatic carboxylic acids is 1. The quantitative estimate of drug-likeness (QED) is 0.937. The summed E-state index contributed by atoms with van der Waals surface area (Å²) in [6.07, 6.45) is 0. The van der Waals surface area contributed by atoms with Crippen LogP contribution in [-0.4, -0.2) is 26.1 Å². The molecule has 0 unspecified atom stereocenters. The Morgan fingerprint density at radius 3 is 2.45 bits per heavy atom. The maximum atomic E-state index is 12.2. The zero-order valence-corrected chi connectivity index (χ0v) is 12.2. The summed E-state index contributed by atoms with van der Waals surface area (Å²) in [6, 6.07) is 13.4.